The van der Waals surface area contributed by atoms with Crippen molar-refractivity contribution in [2.45, 2.75) is 6.42 Å². The molecule has 1 amide bonds. The number of nitrogens with zero attached hydrogens (tertiary/aromatic N) is 2. The predicted molar refractivity (Wildman–Crippen MR) is 91.1 cm³/mol. The highest BCUT2D eigenvalue weighted by molar-refractivity contribution is 7.14. The van der Waals surface area contributed by atoms with Crippen molar-refractivity contribution in [3.63, 3.8) is 0 Å². The number of benzene rings is 1. The molecule has 120 valence electrons. The van der Waals surface area contributed by atoms with E-state index in [1.54, 1.807) is 30.6 Å². The van der Waals surface area contributed by atoms with Gasteiger partial charge in [0, 0.05) is 23.3 Å². The maximum Gasteiger partial charge on any atom is 0.335 e. The van der Waals surface area contributed by atoms with Gasteiger partial charge in [-0.2, -0.15) is 0 Å². The highest BCUT2D eigenvalue weighted by Crippen LogP contribution is 2.24. The Kier molecular flexibility index (Phi) is 4.62. The van der Waals surface area contributed by atoms with E-state index in [2.05, 4.69) is 15.3 Å². The molecule has 3 aromatic rings. The van der Waals surface area contributed by atoms with Gasteiger partial charge in [0.05, 0.1) is 17.7 Å². The van der Waals surface area contributed by atoms with Crippen molar-refractivity contribution in [3.05, 3.63) is 65.3 Å². The van der Waals surface area contributed by atoms with E-state index in [1.807, 2.05) is 17.5 Å². The van der Waals surface area contributed by atoms with Crippen molar-refractivity contribution in [1.82, 2.24) is 9.97 Å². The minimum atomic E-state index is -1.05. The maximum atomic E-state index is 12.2. The molecule has 0 aliphatic rings. The summed E-state index contributed by atoms with van der Waals surface area (Å²) in [4.78, 5) is 31.6. The monoisotopic (exact) mass is 339 g/mol. The quantitative estimate of drug-likeness (QED) is 0.745. The van der Waals surface area contributed by atoms with E-state index in [1.165, 1.54) is 17.4 Å². The van der Waals surface area contributed by atoms with Gasteiger partial charge < -0.3 is 10.4 Å². The average molecular weight is 339 g/mol. The molecule has 2 heterocycles. The topological polar surface area (TPSA) is 92.2 Å². The van der Waals surface area contributed by atoms with E-state index in [-0.39, 0.29) is 17.9 Å². The molecule has 1 aromatic carbocycles. The molecule has 0 aliphatic heterocycles. The van der Waals surface area contributed by atoms with Crippen LogP contribution in [0.25, 0.3) is 11.3 Å². The number of aromatic nitrogens is 2. The average Bonchev–Trinajstić information content (AvgIpc) is 3.04. The predicted octanol–water partition coefficient (Wildman–Crippen LogP) is 3.08. The number of anilines is 1. The number of amides is 1. The Morgan fingerprint density at radius 3 is 2.62 bits per heavy atom. The van der Waals surface area contributed by atoms with Crippen LogP contribution in [-0.2, 0) is 11.2 Å². The molecule has 6 nitrogen and oxygen atoms in total. The zero-order valence-electron chi connectivity index (χ0n) is 12.5. The third-order valence-corrected chi connectivity index (χ3v) is 4.08. The fraction of sp³-hybridized carbons (Fsp3) is 0.0588. The smallest absolute Gasteiger partial charge is 0.335 e. The number of carboxylic acid groups (broad SMARTS) is 1. The fourth-order valence-electron chi connectivity index (χ4n) is 2.21. The second kappa shape index (κ2) is 7.01. The normalized spacial score (nSPS) is 10.3. The van der Waals surface area contributed by atoms with Gasteiger partial charge in [-0.15, -0.1) is 11.3 Å². The summed E-state index contributed by atoms with van der Waals surface area (Å²) in [7, 11) is 0. The first kappa shape index (κ1) is 15.8. The van der Waals surface area contributed by atoms with Crippen molar-refractivity contribution in [1.29, 1.82) is 0 Å². The number of carbonyl (C=O) groups excluding carboxylic acids is 1. The van der Waals surface area contributed by atoms with Crippen molar-refractivity contribution in [2.24, 2.45) is 0 Å². The van der Waals surface area contributed by atoms with Crippen LogP contribution >= 0.6 is 11.3 Å². The molecular weight excluding hydrogens is 326 g/mol. The molecule has 0 atom stereocenters. The summed E-state index contributed by atoms with van der Waals surface area (Å²) in [5.74, 6) is -1.35. The molecular formula is C17H13N3O3S. The van der Waals surface area contributed by atoms with Crippen LogP contribution in [0.2, 0.25) is 0 Å². The Bertz CT molecular complexity index is 878. The van der Waals surface area contributed by atoms with Crippen LogP contribution in [0.15, 0.2) is 54.2 Å². The molecule has 0 spiro atoms. The maximum absolute atomic E-state index is 12.2. The Hall–Kier alpha value is -3.06. The Labute approximate surface area is 141 Å². The molecule has 3 rings (SSSR count). The Balaban J connectivity index is 1.70. The summed E-state index contributed by atoms with van der Waals surface area (Å²) in [5.41, 5.74) is 2.26. The number of thiazole rings is 1. The third-order valence-electron chi connectivity index (χ3n) is 3.33. The van der Waals surface area contributed by atoms with Crippen LogP contribution in [-0.4, -0.2) is 27.0 Å². The van der Waals surface area contributed by atoms with Crippen molar-refractivity contribution >= 4 is 28.3 Å². The number of pyridine rings is 1. The number of carbonyl (C=O) groups is 2. The van der Waals surface area contributed by atoms with Gasteiger partial charge >= 0.3 is 5.97 Å². The summed E-state index contributed by atoms with van der Waals surface area (Å²) >= 11 is 1.31. The van der Waals surface area contributed by atoms with Crippen molar-refractivity contribution in [2.75, 3.05) is 5.32 Å². The Morgan fingerprint density at radius 1 is 1.12 bits per heavy atom. The van der Waals surface area contributed by atoms with Gasteiger partial charge in [-0.1, -0.05) is 18.2 Å². The van der Waals surface area contributed by atoms with Gasteiger partial charge in [-0.25, -0.2) is 9.78 Å². The third kappa shape index (κ3) is 3.64. The lowest BCUT2D eigenvalue weighted by molar-refractivity contribution is -0.115. The van der Waals surface area contributed by atoms with Crippen LogP contribution in [0.3, 0.4) is 0 Å². The minimum absolute atomic E-state index is 0.0212. The Morgan fingerprint density at radius 2 is 1.88 bits per heavy atom. The summed E-state index contributed by atoms with van der Waals surface area (Å²) < 4.78 is 0. The molecule has 0 unspecified atom stereocenters. The minimum Gasteiger partial charge on any atom is -0.478 e. The number of hydrogen-bond acceptors (Lipinski definition) is 5. The molecule has 0 aliphatic carbocycles. The summed E-state index contributed by atoms with van der Waals surface area (Å²) in [6.45, 7) is 0. The van der Waals surface area contributed by atoms with Gasteiger partial charge in [0.15, 0.2) is 5.13 Å². The molecule has 7 heteroatoms. The van der Waals surface area contributed by atoms with Crippen LogP contribution < -0.4 is 5.32 Å². The molecule has 0 saturated heterocycles. The van der Waals surface area contributed by atoms with Crippen LogP contribution in [0.1, 0.15) is 15.9 Å². The van der Waals surface area contributed by atoms with Crippen molar-refractivity contribution in [3.8, 4) is 11.3 Å². The first-order valence-corrected chi connectivity index (χ1v) is 7.98. The molecule has 2 aromatic heterocycles. The standard InChI is InChI=1S/C17H13N3O3S/c21-15(9-12-3-1-2-4-13(12)16(22)23)20-17-19-14(10-24-17)11-5-7-18-8-6-11/h1-8,10H,9H2,(H,22,23)(H,19,20,21). The van der Waals surface area contributed by atoms with Crippen LogP contribution in [0.5, 0.6) is 0 Å². The number of aromatic carboxylic acids is 1. The second-order valence-corrected chi connectivity index (χ2v) is 5.82. The van der Waals surface area contributed by atoms with E-state index in [0.29, 0.717) is 10.7 Å². The first-order valence-electron chi connectivity index (χ1n) is 7.10. The lowest BCUT2D eigenvalue weighted by Crippen LogP contribution is -2.16. The molecule has 0 saturated carbocycles. The van der Waals surface area contributed by atoms with E-state index in [4.69, 9.17) is 5.11 Å². The highest BCUT2D eigenvalue weighted by atomic mass is 32.1. The molecule has 0 bridgehead atoms. The number of carboxylic acids is 1. The largest absolute Gasteiger partial charge is 0.478 e. The van der Waals surface area contributed by atoms with Gasteiger partial charge in [0.1, 0.15) is 0 Å². The van der Waals surface area contributed by atoms with E-state index < -0.39 is 5.97 Å². The second-order valence-electron chi connectivity index (χ2n) is 4.96. The van der Waals surface area contributed by atoms with Crippen LogP contribution in [0.4, 0.5) is 5.13 Å². The summed E-state index contributed by atoms with van der Waals surface area (Å²) in [6.07, 6.45) is 3.33. The summed E-state index contributed by atoms with van der Waals surface area (Å²) in [5, 5.41) is 14.2. The van der Waals surface area contributed by atoms with Gasteiger partial charge in [-0.3, -0.25) is 9.78 Å². The zero-order valence-corrected chi connectivity index (χ0v) is 13.3. The molecule has 0 fully saturated rings. The summed E-state index contributed by atoms with van der Waals surface area (Å²) in [6, 6.07) is 10.1. The number of hydrogen-bond donors (Lipinski definition) is 2. The zero-order chi connectivity index (χ0) is 16.9. The molecule has 24 heavy (non-hydrogen) atoms. The van der Waals surface area contributed by atoms with Crippen LogP contribution in [0, 0.1) is 0 Å². The van der Waals surface area contributed by atoms with Gasteiger partial charge in [-0.05, 0) is 23.8 Å². The SMILES string of the molecule is O=C(Cc1ccccc1C(=O)O)Nc1nc(-c2ccncc2)cs1. The van der Waals surface area contributed by atoms with E-state index in [9.17, 15) is 9.59 Å². The van der Waals surface area contributed by atoms with E-state index in [0.717, 1.165) is 11.3 Å². The van der Waals surface area contributed by atoms with Crippen molar-refractivity contribution < 1.29 is 14.7 Å². The highest BCUT2D eigenvalue weighted by Gasteiger charge is 2.14. The number of rotatable bonds is 5. The van der Waals surface area contributed by atoms with Gasteiger partial charge in [0.25, 0.3) is 0 Å². The lowest BCUT2D eigenvalue weighted by atomic mass is 10.0. The first-order chi connectivity index (χ1) is 11.6. The van der Waals surface area contributed by atoms with Gasteiger partial charge in [0.2, 0.25) is 5.91 Å². The number of nitrogens with one attached hydrogen (secondary N) is 1. The lowest BCUT2D eigenvalue weighted by Gasteiger charge is -2.05. The molecule has 2 N–H and O–H groups in total. The fourth-order valence-corrected chi connectivity index (χ4v) is 2.94. The molecule has 0 radical (unpaired) electrons. The van der Waals surface area contributed by atoms with E-state index >= 15 is 0 Å².